The summed E-state index contributed by atoms with van der Waals surface area (Å²) in [6.07, 6.45) is 7.11. The molecule has 1 amide bonds. The standard InChI is InChI=1S/C16H25N3O3S/c1-16-10-18(9-14(16)12-2-3-13(16)8-12)15(20)11-4-6-19(7-5-11)23(17,21)22/h2-3,11-14H,4-10H2,1H3,(H2,17,21,22)/t12-,13+,14?,16+/m1/s1. The molecule has 4 atom stereocenters. The second-order valence-electron chi connectivity index (χ2n) is 7.94. The Kier molecular flexibility index (Phi) is 3.42. The number of carbonyl (C=O) groups is 1. The number of likely N-dealkylation sites (tertiary alicyclic amines) is 1. The third-order valence-electron chi connectivity index (χ3n) is 6.75. The summed E-state index contributed by atoms with van der Waals surface area (Å²) in [4.78, 5) is 14.9. The molecule has 4 aliphatic rings. The Labute approximate surface area is 137 Å². The number of amides is 1. The summed E-state index contributed by atoms with van der Waals surface area (Å²) in [5.74, 6) is 2.03. The normalized spacial score (nSPS) is 40.8. The van der Waals surface area contributed by atoms with E-state index in [0.717, 1.165) is 13.1 Å². The SMILES string of the molecule is C[C@@]12CN(C(=O)C3CCN(S(N)(=O)=O)CC3)CC1[C@@H]1C=C[C@H]2C1. The maximum atomic E-state index is 12.9. The number of carbonyl (C=O) groups excluding carboxylic acids is 1. The van der Waals surface area contributed by atoms with Gasteiger partial charge in [-0.15, -0.1) is 0 Å². The highest BCUT2D eigenvalue weighted by Gasteiger charge is 2.58. The van der Waals surface area contributed by atoms with Crippen LogP contribution in [-0.4, -0.2) is 49.7 Å². The second kappa shape index (κ2) is 5.04. The maximum Gasteiger partial charge on any atom is 0.276 e. The molecule has 0 radical (unpaired) electrons. The Morgan fingerprint density at radius 3 is 2.57 bits per heavy atom. The number of fused-ring (bicyclic) bond motifs is 5. The molecule has 7 heteroatoms. The van der Waals surface area contributed by atoms with Crippen LogP contribution in [0.25, 0.3) is 0 Å². The van der Waals surface area contributed by atoms with Crippen LogP contribution in [0, 0.1) is 29.1 Å². The minimum atomic E-state index is -3.62. The molecule has 2 aliphatic carbocycles. The van der Waals surface area contributed by atoms with Crippen molar-refractivity contribution in [2.45, 2.75) is 26.2 Å². The van der Waals surface area contributed by atoms with Gasteiger partial charge in [0.15, 0.2) is 0 Å². The lowest BCUT2D eigenvalue weighted by atomic mass is 9.72. The zero-order chi connectivity index (χ0) is 16.4. The van der Waals surface area contributed by atoms with E-state index in [0.29, 0.717) is 43.7 Å². The smallest absolute Gasteiger partial charge is 0.276 e. The van der Waals surface area contributed by atoms with Crippen LogP contribution in [0.4, 0.5) is 0 Å². The Bertz CT molecular complexity index is 653. The lowest BCUT2D eigenvalue weighted by molar-refractivity contribution is -0.136. The first-order chi connectivity index (χ1) is 10.8. The van der Waals surface area contributed by atoms with Crippen LogP contribution in [-0.2, 0) is 15.0 Å². The van der Waals surface area contributed by atoms with Crippen LogP contribution in [0.5, 0.6) is 0 Å². The van der Waals surface area contributed by atoms with Gasteiger partial charge in [0.2, 0.25) is 5.91 Å². The van der Waals surface area contributed by atoms with Crippen molar-refractivity contribution in [1.82, 2.24) is 9.21 Å². The van der Waals surface area contributed by atoms with E-state index in [1.54, 1.807) is 0 Å². The Hall–Kier alpha value is -0.920. The summed E-state index contributed by atoms with van der Waals surface area (Å²) in [5.41, 5.74) is 0.246. The van der Waals surface area contributed by atoms with Crippen LogP contribution in [0.3, 0.4) is 0 Å². The largest absolute Gasteiger partial charge is 0.342 e. The van der Waals surface area contributed by atoms with Crippen molar-refractivity contribution in [1.29, 1.82) is 0 Å². The molecule has 23 heavy (non-hydrogen) atoms. The van der Waals surface area contributed by atoms with Gasteiger partial charge in [0.1, 0.15) is 0 Å². The van der Waals surface area contributed by atoms with Crippen molar-refractivity contribution in [3.8, 4) is 0 Å². The van der Waals surface area contributed by atoms with Crippen LogP contribution in [0.1, 0.15) is 26.2 Å². The average Bonchev–Trinajstić information content (AvgIpc) is 3.16. The number of piperidine rings is 1. The summed E-state index contributed by atoms with van der Waals surface area (Å²) >= 11 is 0. The fourth-order valence-corrected chi connectivity index (χ4v) is 6.07. The number of hydrogen-bond acceptors (Lipinski definition) is 3. The topological polar surface area (TPSA) is 83.7 Å². The van der Waals surface area contributed by atoms with Gasteiger partial charge in [-0.1, -0.05) is 19.1 Å². The lowest BCUT2D eigenvalue weighted by Crippen LogP contribution is -2.46. The van der Waals surface area contributed by atoms with Gasteiger partial charge in [0, 0.05) is 32.1 Å². The van der Waals surface area contributed by atoms with Crippen molar-refractivity contribution >= 4 is 16.1 Å². The molecular weight excluding hydrogens is 314 g/mol. The van der Waals surface area contributed by atoms with Crippen LogP contribution in [0.15, 0.2) is 12.2 Å². The molecule has 2 bridgehead atoms. The van der Waals surface area contributed by atoms with Gasteiger partial charge >= 0.3 is 0 Å². The van der Waals surface area contributed by atoms with E-state index >= 15 is 0 Å². The molecule has 6 nitrogen and oxygen atoms in total. The summed E-state index contributed by atoms with van der Waals surface area (Å²) < 4.78 is 24.0. The van der Waals surface area contributed by atoms with Crippen molar-refractivity contribution in [3.05, 3.63) is 12.2 Å². The molecule has 2 heterocycles. The molecule has 1 unspecified atom stereocenters. The van der Waals surface area contributed by atoms with E-state index in [9.17, 15) is 13.2 Å². The highest BCUT2D eigenvalue weighted by Crippen LogP contribution is 2.59. The Morgan fingerprint density at radius 2 is 1.96 bits per heavy atom. The molecule has 0 spiro atoms. The minimum Gasteiger partial charge on any atom is -0.342 e. The molecular formula is C16H25N3O3S. The Balaban J connectivity index is 1.40. The molecule has 0 aromatic carbocycles. The third-order valence-corrected chi connectivity index (χ3v) is 7.84. The quantitative estimate of drug-likeness (QED) is 0.747. The molecule has 2 aliphatic heterocycles. The summed E-state index contributed by atoms with van der Waals surface area (Å²) in [6.45, 7) is 4.78. The van der Waals surface area contributed by atoms with Crippen molar-refractivity contribution in [2.75, 3.05) is 26.2 Å². The number of rotatable bonds is 2. The first-order valence-electron chi connectivity index (χ1n) is 8.54. The number of hydrogen-bond donors (Lipinski definition) is 1. The van der Waals surface area contributed by atoms with E-state index in [4.69, 9.17) is 5.14 Å². The summed E-state index contributed by atoms with van der Waals surface area (Å²) in [7, 11) is -3.62. The van der Waals surface area contributed by atoms with Crippen LogP contribution < -0.4 is 5.14 Å². The molecule has 2 N–H and O–H groups in total. The van der Waals surface area contributed by atoms with Gasteiger partial charge in [0.05, 0.1) is 0 Å². The lowest BCUT2D eigenvalue weighted by Gasteiger charge is -2.33. The molecule has 0 aromatic heterocycles. The van der Waals surface area contributed by atoms with E-state index in [2.05, 4.69) is 19.1 Å². The van der Waals surface area contributed by atoms with Gasteiger partial charge in [-0.25, -0.2) is 5.14 Å². The number of nitrogens with zero attached hydrogens (tertiary/aromatic N) is 2. The third kappa shape index (κ3) is 2.36. The van der Waals surface area contributed by atoms with Gasteiger partial charge in [0.25, 0.3) is 10.2 Å². The molecule has 2 saturated heterocycles. The van der Waals surface area contributed by atoms with E-state index in [1.807, 2.05) is 4.90 Å². The monoisotopic (exact) mass is 339 g/mol. The first kappa shape index (κ1) is 15.6. The average molecular weight is 339 g/mol. The molecule has 128 valence electrons. The van der Waals surface area contributed by atoms with Gasteiger partial charge < -0.3 is 4.90 Å². The number of nitrogens with two attached hydrogens (primary N) is 1. The predicted octanol–water partition coefficient (Wildman–Crippen LogP) is 0.573. The van der Waals surface area contributed by atoms with E-state index in [1.165, 1.54) is 10.7 Å². The van der Waals surface area contributed by atoms with Gasteiger partial charge in [-0.05, 0) is 42.4 Å². The van der Waals surface area contributed by atoms with Crippen molar-refractivity contribution in [3.63, 3.8) is 0 Å². The van der Waals surface area contributed by atoms with Gasteiger partial charge in [-0.3, -0.25) is 4.79 Å². The predicted molar refractivity (Wildman–Crippen MR) is 86.3 cm³/mol. The summed E-state index contributed by atoms with van der Waals surface area (Å²) in [6, 6.07) is 0. The maximum absolute atomic E-state index is 12.9. The van der Waals surface area contributed by atoms with Crippen LogP contribution >= 0.6 is 0 Å². The highest BCUT2D eigenvalue weighted by molar-refractivity contribution is 7.86. The number of allylic oxidation sites excluding steroid dienone is 2. The van der Waals surface area contributed by atoms with Gasteiger partial charge in [-0.2, -0.15) is 12.7 Å². The fourth-order valence-electron chi connectivity index (χ4n) is 5.35. The molecule has 4 rings (SSSR count). The molecule has 3 fully saturated rings. The molecule has 1 saturated carbocycles. The first-order valence-corrected chi connectivity index (χ1v) is 10.0. The molecule has 0 aromatic rings. The highest BCUT2D eigenvalue weighted by atomic mass is 32.2. The zero-order valence-electron chi connectivity index (χ0n) is 13.5. The second-order valence-corrected chi connectivity index (χ2v) is 9.49. The van der Waals surface area contributed by atoms with Crippen LogP contribution in [0.2, 0.25) is 0 Å². The zero-order valence-corrected chi connectivity index (χ0v) is 14.3. The van der Waals surface area contributed by atoms with Crippen molar-refractivity contribution < 1.29 is 13.2 Å². The fraction of sp³-hybridized carbons (Fsp3) is 0.812. The van der Waals surface area contributed by atoms with E-state index < -0.39 is 10.2 Å². The summed E-state index contributed by atoms with van der Waals surface area (Å²) in [5, 5.41) is 5.17. The van der Waals surface area contributed by atoms with E-state index in [-0.39, 0.29) is 17.2 Å². The Morgan fingerprint density at radius 1 is 1.26 bits per heavy atom. The van der Waals surface area contributed by atoms with Crippen molar-refractivity contribution in [2.24, 2.45) is 34.2 Å². The minimum absolute atomic E-state index is 0.0546.